The van der Waals surface area contributed by atoms with Crippen LogP contribution in [0.5, 0.6) is 0 Å². The molecular formula is C15H16ClNO4S2. The average Bonchev–Trinajstić information content (AvgIpc) is 2.46. The van der Waals surface area contributed by atoms with E-state index in [1.807, 2.05) is 0 Å². The number of hydrogen-bond acceptors (Lipinski definition) is 4. The summed E-state index contributed by atoms with van der Waals surface area (Å²) < 4.78 is 50.1. The summed E-state index contributed by atoms with van der Waals surface area (Å²) in [6, 6.07) is 11.5. The molecule has 0 aromatic heterocycles. The van der Waals surface area contributed by atoms with Crippen LogP contribution in [0.2, 0.25) is 5.02 Å². The number of sulfonamides is 1. The molecule has 0 aliphatic heterocycles. The molecule has 5 nitrogen and oxygen atoms in total. The monoisotopic (exact) mass is 373 g/mol. The lowest BCUT2D eigenvalue weighted by Crippen LogP contribution is -2.27. The predicted octanol–water partition coefficient (Wildman–Crippen LogP) is 2.78. The number of hydrogen-bond donors (Lipinski definition) is 1. The molecule has 0 heterocycles. The predicted molar refractivity (Wildman–Crippen MR) is 89.7 cm³/mol. The minimum atomic E-state index is -3.79. The first-order chi connectivity index (χ1) is 10.6. The van der Waals surface area contributed by atoms with Gasteiger partial charge in [0.25, 0.3) is 0 Å². The summed E-state index contributed by atoms with van der Waals surface area (Å²) in [6.07, 6.45) is 1.06. The zero-order valence-electron chi connectivity index (χ0n) is 12.5. The van der Waals surface area contributed by atoms with E-state index in [0.717, 1.165) is 6.26 Å². The van der Waals surface area contributed by atoms with Gasteiger partial charge < -0.3 is 0 Å². The maximum absolute atomic E-state index is 12.4. The van der Waals surface area contributed by atoms with E-state index in [1.165, 1.54) is 24.3 Å². The van der Waals surface area contributed by atoms with Gasteiger partial charge in [0, 0.05) is 17.3 Å². The fourth-order valence-corrected chi connectivity index (χ4v) is 4.21. The molecule has 0 fully saturated rings. The largest absolute Gasteiger partial charge is 0.241 e. The second kappa shape index (κ2) is 6.60. The third kappa shape index (κ3) is 4.32. The minimum absolute atomic E-state index is 0.0104. The summed E-state index contributed by atoms with van der Waals surface area (Å²) in [5.74, 6) is 0. The Morgan fingerprint density at radius 3 is 1.96 bits per heavy atom. The van der Waals surface area contributed by atoms with Crippen LogP contribution in [-0.2, 0) is 19.9 Å². The lowest BCUT2D eigenvalue weighted by molar-refractivity contribution is 0.566. The molecule has 0 spiro atoms. The quantitative estimate of drug-likeness (QED) is 0.873. The van der Waals surface area contributed by atoms with Gasteiger partial charge in [-0.15, -0.1) is 0 Å². The molecule has 0 radical (unpaired) electrons. The van der Waals surface area contributed by atoms with Crippen molar-refractivity contribution in [3.63, 3.8) is 0 Å². The van der Waals surface area contributed by atoms with Crippen LogP contribution in [0.1, 0.15) is 18.5 Å². The number of benzene rings is 2. The van der Waals surface area contributed by atoms with E-state index in [0.29, 0.717) is 10.6 Å². The Morgan fingerprint density at radius 2 is 1.43 bits per heavy atom. The van der Waals surface area contributed by atoms with Gasteiger partial charge in [-0.1, -0.05) is 29.8 Å². The van der Waals surface area contributed by atoms with E-state index in [9.17, 15) is 16.8 Å². The van der Waals surface area contributed by atoms with Crippen molar-refractivity contribution in [3.8, 4) is 0 Å². The lowest BCUT2D eigenvalue weighted by Gasteiger charge is -2.16. The van der Waals surface area contributed by atoms with E-state index in [2.05, 4.69) is 4.72 Å². The first-order valence-electron chi connectivity index (χ1n) is 6.68. The average molecular weight is 374 g/mol. The van der Waals surface area contributed by atoms with Crippen molar-refractivity contribution in [2.45, 2.75) is 22.8 Å². The fourth-order valence-electron chi connectivity index (χ4n) is 2.06. The number of halogens is 1. The van der Waals surface area contributed by atoms with Crippen LogP contribution in [0.4, 0.5) is 0 Å². The molecule has 8 heteroatoms. The third-order valence-corrected chi connectivity index (χ3v) is 6.30. The molecular weight excluding hydrogens is 358 g/mol. The normalized spacial score (nSPS) is 13.7. The van der Waals surface area contributed by atoms with E-state index in [4.69, 9.17) is 11.6 Å². The van der Waals surface area contributed by atoms with Crippen molar-refractivity contribution in [3.05, 3.63) is 59.1 Å². The Labute approximate surface area is 141 Å². The van der Waals surface area contributed by atoms with Crippen molar-refractivity contribution in [1.29, 1.82) is 0 Å². The van der Waals surface area contributed by atoms with E-state index in [-0.39, 0.29) is 9.79 Å². The highest BCUT2D eigenvalue weighted by atomic mass is 35.5. The van der Waals surface area contributed by atoms with Crippen LogP contribution >= 0.6 is 11.6 Å². The van der Waals surface area contributed by atoms with Gasteiger partial charge in [0.2, 0.25) is 10.0 Å². The summed E-state index contributed by atoms with van der Waals surface area (Å²) in [7, 11) is -7.16. The topological polar surface area (TPSA) is 80.3 Å². The molecule has 23 heavy (non-hydrogen) atoms. The van der Waals surface area contributed by atoms with Gasteiger partial charge in [0.1, 0.15) is 0 Å². The Hall–Kier alpha value is -1.41. The van der Waals surface area contributed by atoms with Crippen LogP contribution in [-0.4, -0.2) is 23.1 Å². The van der Waals surface area contributed by atoms with Gasteiger partial charge >= 0.3 is 0 Å². The number of rotatable bonds is 5. The summed E-state index contributed by atoms with van der Waals surface area (Å²) in [5.41, 5.74) is 0.658. The molecule has 0 bridgehead atoms. The minimum Gasteiger partial charge on any atom is -0.224 e. The molecule has 0 aliphatic rings. The number of sulfone groups is 1. The highest BCUT2D eigenvalue weighted by Gasteiger charge is 2.20. The molecule has 1 N–H and O–H groups in total. The van der Waals surface area contributed by atoms with E-state index >= 15 is 0 Å². The summed E-state index contributed by atoms with van der Waals surface area (Å²) in [6.45, 7) is 1.68. The van der Waals surface area contributed by atoms with Gasteiger partial charge in [0.05, 0.1) is 9.79 Å². The molecule has 2 aromatic carbocycles. The molecule has 2 aromatic rings. The summed E-state index contributed by atoms with van der Waals surface area (Å²) in [5, 5.41) is 0.468. The summed E-state index contributed by atoms with van der Waals surface area (Å²) in [4.78, 5) is 0.0550. The second-order valence-electron chi connectivity index (χ2n) is 5.11. The van der Waals surface area contributed by atoms with Gasteiger partial charge in [-0.25, -0.2) is 21.6 Å². The van der Waals surface area contributed by atoms with Crippen molar-refractivity contribution in [1.82, 2.24) is 4.72 Å². The fraction of sp³-hybridized carbons (Fsp3) is 0.200. The maximum Gasteiger partial charge on any atom is 0.241 e. The zero-order chi connectivity index (χ0) is 17.3. The van der Waals surface area contributed by atoms with Gasteiger partial charge in [-0.3, -0.25) is 0 Å². The van der Waals surface area contributed by atoms with E-state index in [1.54, 1.807) is 31.2 Å². The standard InChI is InChI=1S/C15H16ClNO4S2/c1-11(14-5-3-4-6-15(14)16)17-23(20,21)13-9-7-12(8-10-13)22(2,18)19/h3-11,17H,1-2H3/t11-/m1/s1. The van der Waals surface area contributed by atoms with Gasteiger partial charge in [-0.05, 0) is 42.8 Å². The van der Waals surface area contributed by atoms with Crippen LogP contribution in [0.25, 0.3) is 0 Å². The Balaban J connectivity index is 2.27. The van der Waals surface area contributed by atoms with Crippen molar-refractivity contribution in [2.24, 2.45) is 0 Å². The van der Waals surface area contributed by atoms with Crippen LogP contribution in [0.3, 0.4) is 0 Å². The third-order valence-electron chi connectivity index (χ3n) is 3.27. The molecule has 0 saturated carbocycles. The lowest BCUT2D eigenvalue weighted by atomic mass is 10.1. The Kier molecular flexibility index (Phi) is 5.15. The first kappa shape index (κ1) is 17.9. The maximum atomic E-state index is 12.4. The smallest absolute Gasteiger partial charge is 0.224 e. The second-order valence-corrected chi connectivity index (χ2v) is 9.24. The molecule has 0 amide bonds. The first-order valence-corrected chi connectivity index (χ1v) is 10.4. The zero-order valence-corrected chi connectivity index (χ0v) is 14.9. The Bertz CT molecular complexity index is 907. The van der Waals surface area contributed by atoms with Crippen molar-refractivity contribution < 1.29 is 16.8 Å². The van der Waals surface area contributed by atoms with Gasteiger partial charge in [-0.2, -0.15) is 0 Å². The highest BCUT2D eigenvalue weighted by Crippen LogP contribution is 2.24. The SMILES string of the molecule is C[C@@H](NS(=O)(=O)c1ccc(S(C)(=O)=O)cc1)c1ccccc1Cl. The van der Waals surface area contributed by atoms with E-state index < -0.39 is 25.9 Å². The number of nitrogens with one attached hydrogen (secondary N) is 1. The van der Waals surface area contributed by atoms with Gasteiger partial charge in [0.15, 0.2) is 9.84 Å². The molecule has 0 saturated heterocycles. The molecule has 124 valence electrons. The molecule has 2 rings (SSSR count). The van der Waals surface area contributed by atoms with Crippen molar-refractivity contribution >= 4 is 31.5 Å². The van der Waals surface area contributed by atoms with Crippen LogP contribution < -0.4 is 4.72 Å². The van der Waals surface area contributed by atoms with Crippen LogP contribution in [0, 0.1) is 0 Å². The van der Waals surface area contributed by atoms with Crippen molar-refractivity contribution in [2.75, 3.05) is 6.26 Å². The highest BCUT2D eigenvalue weighted by molar-refractivity contribution is 7.90. The van der Waals surface area contributed by atoms with Crippen LogP contribution in [0.15, 0.2) is 58.3 Å². The molecule has 1 atom stereocenters. The molecule has 0 aliphatic carbocycles. The molecule has 0 unspecified atom stereocenters. The summed E-state index contributed by atoms with van der Waals surface area (Å²) >= 11 is 6.06. The Morgan fingerprint density at radius 1 is 0.913 bits per heavy atom.